The highest BCUT2D eigenvalue weighted by Crippen LogP contribution is 2.25. The van der Waals surface area contributed by atoms with Crippen LogP contribution < -0.4 is 5.32 Å². The number of nitrogens with zero attached hydrogens (tertiary/aromatic N) is 1. The lowest BCUT2D eigenvalue weighted by molar-refractivity contribution is -0.138. The first-order valence-electron chi connectivity index (χ1n) is 6.36. The van der Waals surface area contributed by atoms with Crippen LogP contribution in [0.3, 0.4) is 0 Å². The fourth-order valence-corrected chi connectivity index (χ4v) is 2.47. The van der Waals surface area contributed by atoms with Crippen molar-refractivity contribution in [3.05, 3.63) is 35.6 Å². The maximum absolute atomic E-state index is 12.9. The normalized spacial score (nSPS) is 22.1. The van der Waals surface area contributed by atoms with Gasteiger partial charge in [0.05, 0.1) is 12.1 Å². The largest absolute Gasteiger partial charge is 0.335 e. The number of carbonyl (C=O) groups is 1. The van der Waals surface area contributed by atoms with Gasteiger partial charge < -0.3 is 10.2 Å². The molecule has 1 aromatic rings. The number of benzene rings is 1. The average Bonchev–Trinajstić information content (AvgIpc) is 2.39. The lowest BCUT2D eigenvalue weighted by Crippen LogP contribution is -2.50. The maximum Gasteiger partial charge on any atom is 0.240 e. The number of likely N-dealkylation sites (tertiary alicyclic amines) is 1. The van der Waals surface area contributed by atoms with Crippen LogP contribution in [0.4, 0.5) is 4.39 Å². The van der Waals surface area contributed by atoms with Crippen LogP contribution in [-0.2, 0) is 4.79 Å². The third-order valence-corrected chi connectivity index (χ3v) is 3.64. The van der Waals surface area contributed by atoms with Crippen LogP contribution in [0.5, 0.6) is 0 Å². The maximum atomic E-state index is 12.9. The molecular formula is C14H19FN2O. The molecule has 1 N–H and O–H groups in total. The Morgan fingerprint density at radius 2 is 2.06 bits per heavy atom. The smallest absolute Gasteiger partial charge is 0.240 e. The number of rotatable bonds is 3. The van der Waals surface area contributed by atoms with E-state index in [0.717, 1.165) is 24.9 Å². The van der Waals surface area contributed by atoms with Gasteiger partial charge in [-0.2, -0.15) is 0 Å². The average molecular weight is 250 g/mol. The van der Waals surface area contributed by atoms with Crippen molar-refractivity contribution >= 4 is 5.91 Å². The Kier molecular flexibility index (Phi) is 3.97. The first-order valence-corrected chi connectivity index (χ1v) is 6.36. The van der Waals surface area contributed by atoms with Crippen LogP contribution in [0.25, 0.3) is 0 Å². The Balaban J connectivity index is 2.15. The van der Waals surface area contributed by atoms with Crippen LogP contribution in [0.2, 0.25) is 0 Å². The molecule has 1 fully saturated rings. The molecule has 0 aromatic heterocycles. The molecule has 0 bridgehead atoms. The second-order valence-corrected chi connectivity index (χ2v) is 4.74. The molecule has 0 saturated carbocycles. The summed E-state index contributed by atoms with van der Waals surface area (Å²) in [5.74, 6) is -0.107. The minimum atomic E-state index is -0.246. The van der Waals surface area contributed by atoms with Gasteiger partial charge in [0.1, 0.15) is 5.82 Å². The van der Waals surface area contributed by atoms with E-state index in [-0.39, 0.29) is 23.8 Å². The highest BCUT2D eigenvalue weighted by molar-refractivity contribution is 5.83. The third-order valence-electron chi connectivity index (χ3n) is 3.64. The molecule has 1 aromatic carbocycles. The van der Waals surface area contributed by atoms with Gasteiger partial charge in [0, 0.05) is 6.54 Å². The first-order chi connectivity index (χ1) is 8.63. The molecule has 2 rings (SSSR count). The SMILES string of the molecule is CNC1CCCN(C(C)c2ccc(F)cc2)C1=O. The predicted octanol–water partition coefficient (Wildman–Crippen LogP) is 2.10. The number of halogens is 1. The molecule has 3 nitrogen and oxygen atoms in total. The fraction of sp³-hybridized carbons (Fsp3) is 0.500. The van der Waals surface area contributed by atoms with Gasteiger partial charge >= 0.3 is 0 Å². The molecule has 1 saturated heterocycles. The number of hydrogen-bond donors (Lipinski definition) is 1. The minimum Gasteiger partial charge on any atom is -0.335 e. The van der Waals surface area contributed by atoms with Crippen LogP contribution in [-0.4, -0.2) is 30.4 Å². The molecule has 0 spiro atoms. The Morgan fingerprint density at radius 1 is 1.39 bits per heavy atom. The van der Waals surface area contributed by atoms with Gasteiger partial charge in [0.2, 0.25) is 5.91 Å². The van der Waals surface area contributed by atoms with E-state index < -0.39 is 0 Å². The van der Waals surface area contributed by atoms with E-state index in [2.05, 4.69) is 5.32 Å². The standard InChI is InChI=1S/C14H19FN2O/c1-10(11-5-7-12(15)8-6-11)17-9-3-4-13(16-2)14(17)18/h5-8,10,13,16H,3-4,9H2,1-2H3. The molecular weight excluding hydrogens is 231 g/mol. The van der Waals surface area contributed by atoms with Crippen LogP contribution >= 0.6 is 0 Å². The van der Waals surface area contributed by atoms with Crippen molar-refractivity contribution < 1.29 is 9.18 Å². The highest BCUT2D eigenvalue weighted by atomic mass is 19.1. The summed E-state index contributed by atoms with van der Waals surface area (Å²) in [6.45, 7) is 2.76. The monoisotopic (exact) mass is 250 g/mol. The van der Waals surface area contributed by atoms with Crippen molar-refractivity contribution in [2.24, 2.45) is 0 Å². The zero-order valence-electron chi connectivity index (χ0n) is 10.8. The lowest BCUT2D eigenvalue weighted by atomic mass is 10.00. The lowest BCUT2D eigenvalue weighted by Gasteiger charge is -2.36. The van der Waals surface area contributed by atoms with E-state index in [9.17, 15) is 9.18 Å². The van der Waals surface area contributed by atoms with E-state index in [1.165, 1.54) is 12.1 Å². The van der Waals surface area contributed by atoms with Gasteiger partial charge in [-0.3, -0.25) is 4.79 Å². The summed E-state index contributed by atoms with van der Waals surface area (Å²) in [6, 6.07) is 6.29. The van der Waals surface area contributed by atoms with Gasteiger partial charge in [-0.15, -0.1) is 0 Å². The second-order valence-electron chi connectivity index (χ2n) is 4.74. The molecule has 0 radical (unpaired) electrons. The van der Waals surface area contributed by atoms with Crippen molar-refractivity contribution in [2.45, 2.75) is 31.8 Å². The molecule has 4 heteroatoms. The molecule has 0 aliphatic carbocycles. The Hall–Kier alpha value is -1.42. The van der Waals surface area contributed by atoms with Gasteiger partial charge in [-0.1, -0.05) is 12.1 Å². The molecule has 1 amide bonds. The van der Waals surface area contributed by atoms with E-state index in [4.69, 9.17) is 0 Å². The quantitative estimate of drug-likeness (QED) is 0.891. The number of amides is 1. The molecule has 1 aliphatic heterocycles. The van der Waals surface area contributed by atoms with Crippen molar-refractivity contribution in [2.75, 3.05) is 13.6 Å². The topological polar surface area (TPSA) is 32.3 Å². The summed E-state index contributed by atoms with van der Waals surface area (Å²) in [5, 5.41) is 3.05. The van der Waals surface area contributed by atoms with Gasteiger partial charge in [0.15, 0.2) is 0 Å². The number of nitrogens with one attached hydrogen (secondary N) is 1. The molecule has 2 atom stereocenters. The third kappa shape index (κ3) is 2.53. The summed E-state index contributed by atoms with van der Waals surface area (Å²) < 4.78 is 12.9. The summed E-state index contributed by atoms with van der Waals surface area (Å²) >= 11 is 0. The Bertz CT molecular complexity index is 418. The molecule has 2 unspecified atom stereocenters. The van der Waals surface area contributed by atoms with Crippen molar-refractivity contribution in [3.63, 3.8) is 0 Å². The van der Waals surface area contributed by atoms with Crippen LogP contribution in [0.1, 0.15) is 31.4 Å². The number of hydrogen-bond acceptors (Lipinski definition) is 2. The number of piperidine rings is 1. The summed E-state index contributed by atoms with van der Waals surface area (Å²) in [4.78, 5) is 14.1. The highest BCUT2D eigenvalue weighted by Gasteiger charge is 2.30. The van der Waals surface area contributed by atoms with Crippen molar-refractivity contribution in [3.8, 4) is 0 Å². The minimum absolute atomic E-state index is 0.00532. The fourth-order valence-electron chi connectivity index (χ4n) is 2.47. The second kappa shape index (κ2) is 5.48. The van der Waals surface area contributed by atoms with E-state index >= 15 is 0 Å². The summed E-state index contributed by atoms with van der Waals surface area (Å²) in [5.41, 5.74) is 0.974. The van der Waals surface area contributed by atoms with Crippen LogP contribution in [0, 0.1) is 5.82 Å². The zero-order chi connectivity index (χ0) is 13.1. The molecule has 1 heterocycles. The van der Waals surface area contributed by atoms with E-state index in [1.54, 1.807) is 12.1 Å². The number of likely N-dealkylation sites (N-methyl/N-ethyl adjacent to an activating group) is 1. The Labute approximate surface area is 107 Å². The van der Waals surface area contributed by atoms with Gasteiger partial charge in [-0.05, 0) is 44.5 Å². The van der Waals surface area contributed by atoms with E-state index in [0.29, 0.717) is 0 Å². The zero-order valence-corrected chi connectivity index (χ0v) is 10.8. The Morgan fingerprint density at radius 3 is 2.67 bits per heavy atom. The number of carbonyl (C=O) groups excluding carboxylic acids is 1. The van der Waals surface area contributed by atoms with Gasteiger partial charge in [-0.25, -0.2) is 4.39 Å². The molecule has 98 valence electrons. The van der Waals surface area contributed by atoms with Gasteiger partial charge in [0.25, 0.3) is 0 Å². The summed E-state index contributed by atoms with van der Waals surface area (Å²) in [6.07, 6.45) is 1.89. The predicted molar refractivity (Wildman–Crippen MR) is 68.6 cm³/mol. The van der Waals surface area contributed by atoms with Crippen LogP contribution in [0.15, 0.2) is 24.3 Å². The molecule has 1 aliphatic rings. The van der Waals surface area contributed by atoms with Crippen molar-refractivity contribution in [1.29, 1.82) is 0 Å². The summed E-state index contributed by atoms with van der Waals surface area (Å²) in [7, 11) is 1.81. The van der Waals surface area contributed by atoms with E-state index in [1.807, 2.05) is 18.9 Å². The van der Waals surface area contributed by atoms with Crippen molar-refractivity contribution in [1.82, 2.24) is 10.2 Å². The first kappa shape index (κ1) is 13.0. The molecule has 18 heavy (non-hydrogen) atoms.